The Morgan fingerprint density at radius 2 is 2.33 bits per heavy atom. The summed E-state index contributed by atoms with van der Waals surface area (Å²) in [5.41, 5.74) is 0. The minimum absolute atomic E-state index is 0.521. The summed E-state index contributed by atoms with van der Waals surface area (Å²) in [4.78, 5) is 6.64. The Bertz CT molecular complexity index is 247. The highest BCUT2D eigenvalue weighted by molar-refractivity contribution is 9.10. The fourth-order valence-electron chi connectivity index (χ4n) is 1.10. The summed E-state index contributed by atoms with van der Waals surface area (Å²) in [7, 11) is 0. The molecule has 0 spiro atoms. The minimum Gasteiger partial charge on any atom is -0.346 e. The monoisotopic (exact) mass is 248 g/mol. The summed E-state index contributed by atoms with van der Waals surface area (Å²) in [5, 5.41) is 3.11. The lowest BCUT2D eigenvalue weighted by Gasteiger charge is -2.23. The molecular formula is C8H13BrN2S. The second kappa shape index (κ2) is 4.23. The molecule has 1 heterocycles. The maximum atomic E-state index is 4.36. The normalized spacial score (nSPS) is 10.8. The second-order valence-corrected chi connectivity index (χ2v) is 4.48. The van der Waals surface area contributed by atoms with Crippen LogP contribution in [0.3, 0.4) is 0 Å². The van der Waals surface area contributed by atoms with Crippen LogP contribution < -0.4 is 4.90 Å². The Kier molecular flexibility index (Phi) is 3.53. The molecule has 0 bridgehead atoms. The van der Waals surface area contributed by atoms with Crippen molar-refractivity contribution in [3.63, 3.8) is 0 Å². The molecule has 1 rings (SSSR count). The lowest BCUT2D eigenvalue weighted by Crippen LogP contribution is -2.30. The van der Waals surface area contributed by atoms with Gasteiger partial charge in [-0.3, -0.25) is 0 Å². The van der Waals surface area contributed by atoms with Crippen LogP contribution >= 0.6 is 27.3 Å². The van der Waals surface area contributed by atoms with E-state index in [4.69, 9.17) is 0 Å². The van der Waals surface area contributed by atoms with Gasteiger partial charge >= 0.3 is 0 Å². The van der Waals surface area contributed by atoms with Gasteiger partial charge in [-0.2, -0.15) is 0 Å². The van der Waals surface area contributed by atoms with Crippen LogP contribution in [0.2, 0.25) is 0 Å². The molecule has 1 aromatic rings. The van der Waals surface area contributed by atoms with E-state index in [-0.39, 0.29) is 0 Å². The van der Waals surface area contributed by atoms with Crippen molar-refractivity contribution < 1.29 is 0 Å². The molecule has 2 nitrogen and oxygen atoms in total. The van der Waals surface area contributed by atoms with Gasteiger partial charge in [0.05, 0.1) is 0 Å². The zero-order valence-electron chi connectivity index (χ0n) is 7.54. The third-order valence-electron chi connectivity index (χ3n) is 1.67. The summed E-state index contributed by atoms with van der Waals surface area (Å²) < 4.78 is 0.932. The van der Waals surface area contributed by atoms with Crippen molar-refractivity contribution in [2.45, 2.75) is 26.8 Å². The average Bonchev–Trinajstić information content (AvgIpc) is 2.37. The van der Waals surface area contributed by atoms with Gasteiger partial charge in [-0.05, 0) is 36.7 Å². The largest absolute Gasteiger partial charge is 0.346 e. The summed E-state index contributed by atoms with van der Waals surface area (Å²) in [6, 6.07) is 0.521. The zero-order chi connectivity index (χ0) is 9.14. The van der Waals surface area contributed by atoms with E-state index in [1.54, 1.807) is 11.3 Å². The number of rotatable bonds is 3. The van der Waals surface area contributed by atoms with Crippen molar-refractivity contribution >= 4 is 32.4 Å². The van der Waals surface area contributed by atoms with E-state index in [0.717, 1.165) is 16.3 Å². The molecule has 1 aromatic heterocycles. The van der Waals surface area contributed by atoms with Crippen LogP contribution in [-0.2, 0) is 0 Å². The van der Waals surface area contributed by atoms with E-state index in [1.807, 2.05) is 5.38 Å². The Labute approximate surface area is 85.7 Å². The predicted molar refractivity (Wildman–Crippen MR) is 58.0 cm³/mol. The molecule has 0 atom stereocenters. The van der Waals surface area contributed by atoms with Gasteiger partial charge in [0.1, 0.15) is 4.60 Å². The first-order valence-electron chi connectivity index (χ1n) is 4.02. The van der Waals surface area contributed by atoms with Gasteiger partial charge in [0.15, 0.2) is 5.13 Å². The summed E-state index contributed by atoms with van der Waals surface area (Å²) in [6.45, 7) is 7.52. The third kappa shape index (κ3) is 2.20. The average molecular weight is 249 g/mol. The maximum absolute atomic E-state index is 4.36. The fourth-order valence-corrected chi connectivity index (χ4v) is 2.55. The zero-order valence-corrected chi connectivity index (χ0v) is 9.94. The van der Waals surface area contributed by atoms with Crippen molar-refractivity contribution in [1.82, 2.24) is 4.98 Å². The van der Waals surface area contributed by atoms with Crippen LogP contribution in [0.25, 0.3) is 0 Å². The van der Waals surface area contributed by atoms with Gasteiger partial charge in [-0.1, -0.05) is 0 Å². The first-order chi connectivity index (χ1) is 5.65. The molecule has 0 saturated heterocycles. The highest BCUT2D eigenvalue weighted by Crippen LogP contribution is 2.24. The van der Waals surface area contributed by atoms with Gasteiger partial charge in [0.2, 0.25) is 0 Å². The number of aromatic nitrogens is 1. The molecular weight excluding hydrogens is 236 g/mol. The molecule has 68 valence electrons. The van der Waals surface area contributed by atoms with Crippen molar-refractivity contribution in [2.75, 3.05) is 11.4 Å². The molecule has 0 saturated carbocycles. The minimum atomic E-state index is 0.521. The molecule has 4 heteroatoms. The number of hydrogen-bond donors (Lipinski definition) is 0. The van der Waals surface area contributed by atoms with Crippen molar-refractivity contribution in [2.24, 2.45) is 0 Å². The maximum Gasteiger partial charge on any atom is 0.186 e. The second-order valence-electron chi connectivity index (χ2n) is 2.83. The Balaban J connectivity index is 2.80. The van der Waals surface area contributed by atoms with Gasteiger partial charge in [0.25, 0.3) is 0 Å². The van der Waals surface area contributed by atoms with Crippen molar-refractivity contribution in [3.8, 4) is 0 Å². The molecule has 12 heavy (non-hydrogen) atoms. The van der Waals surface area contributed by atoms with Crippen molar-refractivity contribution in [1.29, 1.82) is 0 Å². The predicted octanol–water partition coefficient (Wildman–Crippen LogP) is 3.14. The van der Waals surface area contributed by atoms with Gasteiger partial charge in [-0.15, -0.1) is 11.3 Å². The first-order valence-corrected chi connectivity index (χ1v) is 5.70. The molecule has 0 aliphatic heterocycles. The van der Waals surface area contributed by atoms with Crippen LogP contribution in [-0.4, -0.2) is 17.6 Å². The van der Waals surface area contributed by atoms with Crippen LogP contribution in [0, 0.1) is 0 Å². The van der Waals surface area contributed by atoms with E-state index in [2.05, 4.69) is 46.6 Å². The third-order valence-corrected chi connectivity index (χ3v) is 3.26. The van der Waals surface area contributed by atoms with E-state index in [0.29, 0.717) is 6.04 Å². The lowest BCUT2D eigenvalue weighted by atomic mass is 10.3. The van der Waals surface area contributed by atoms with Crippen molar-refractivity contribution in [3.05, 3.63) is 9.98 Å². The van der Waals surface area contributed by atoms with Gasteiger partial charge in [0, 0.05) is 18.0 Å². The Morgan fingerprint density at radius 3 is 2.67 bits per heavy atom. The van der Waals surface area contributed by atoms with Crippen LogP contribution in [0.4, 0.5) is 5.13 Å². The number of anilines is 1. The number of nitrogens with zero attached hydrogens (tertiary/aromatic N) is 2. The smallest absolute Gasteiger partial charge is 0.186 e. The van der Waals surface area contributed by atoms with E-state index >= 15 is 0 Å². The summed E-state index contributed by atoms with van der Waals surface area (Å²) in [6.07, 6.45) is 0. The molecule has 0 aliphatic rings. The van der Waals surface area contributed by atoms with Crippen LogP contribution in [0.5, 0.6) is 0 Å². The molecule has 0 aliphatic carbocycles. The van der Waals surface area contributed by atoms with Gasteiger partial charge in [-0.25, -0.2) is 4.98 Å². The topological polar surface area (TPSA) is 16.1 Å². The lowest BCUT2D eigenvalue weighted by molar-refractivity contribution is 0.700. The highest BCUT2D eigenvalue weighted by Gasteiger charge is 2.11. The summed E-state index contributed by atoms with van der Waals surface area (Å²) >= 11 is 5.03. The van der Waals surface area contributed by atoms with Crippen LogP contribution in [0.15, 0.2) is 9.98 Å². The first kappa shape index (κ1) is 9.99. The van der Waals surface area contributed by atoms with E-state index in [9.17, 15) is 0 Å². The van der Waals surface area contributed by atoms with E-state index < -0.39 is 0 Å². The Hall–Kier alpha value is -0.0900. The molecule has 0 radical (unpaired) electrons. The quantitative estimate of drug-likeness (QED) is 0.818. The van der Waals surface area contributed by atoms with Gasteiger partial charge < -0.3 is 4.90 Å². The molecule has 0 N–H and O–H groups in total. The Morgan fingerprint density at radius 1 is 1.67 bits per heavy atom. The molecule has 0 amide bonds. The highest BCUT2D eigenvalue weighted by atomic mass is 79.9. The number of halogens is 1. The van der Waals surface area contributed by atoms with E-state index in [1.165, 1.54) is 0 Å². The number of hydrogen-bond acceptors (Lipinski definition) is 3. The SMILES string of the molecule is CCN(c1nc(Br)cs1)C(C)C. The molecule has 0 unspecified atom stereocenters. The van der Waals surface area contributed by atoms with Crippen LogP contribution in [0.1, 0.15) is 20.8 Å². The fraction of sp³-hybridized carbons (Fsp3) is 0.625. The standard InChI is InChI=1S/C8H13BrN2S/c1-4-11(6(2)3)8-10-7(9)5-12-8/h5-6H,4H2,1-3H3. The number of thiazole rings is 1. The summed E-state index contributed by atoms with van der Waals surface area (Å²) in [5.74, 6) is 0. The molecule has 0 fully saturated rings. The molecule has 0 aromatic carbocycles.